The van der Waals surface area contributed by atoms with E-state index in [-0.39, 0.29) is 10.3 Å². The van der Waals surface area contributed by atoms with Gasteiger partial charge in [-0.3, -0.25) is 4.79 Å². The van der Waals surface area contributed by atoms with Gasteiger partial charge in [-0.05, 0) is 32.4 Å². The van der Waals surface area contributed by atoms with E-state index >= 15 is 0 Å². The molecule has 0 aliphatic carbocycles. The highest BCUT2D eigenvalue weighted by Gasteiger charge is 2.11. The molecule has 0 saturated heterocycles. The number of hydrogen-bond donors (Lipinski definition) is 1. The van der Waals surface area contributed by atoms with Crippen molar-refractivity contribution in [1.29, 1.82) is 0 Å². The van der Waals surface area contributed by atoms with Crippen molar-refractivity contribution < 1.29 is 4.74 Å². The number of halogens is 1. The molecule has 1 heterocycles. The number of ether oxygens (including phenoxy) is 1. The molecule has 1 N–H and O–H groups in total. The Morgan fingerprint density at radius 3 is 2.60 bits per heavy atom. The quantitative estimate of drug-likeness (QED) is 0.842. The maximum absolute atomic E-state index is 11.8. The molecule has 0 fully saturated rings. The van der Waals surface area contributed by atoms with Gasteiger partial charge in [0, 0.05) is 23.0 Å². The van der Waals surface area contributed by atoms with Crippen molar-refractivity contribution in [2.75, 3.05) is 6.61 Å². The summed E-state index contributed by atoms with van der Waals surface area (Å²) in [6.45, 7) is 4.34. The molecule has 0 saturated carbocycles. The molecular formula is C16H18BrNO2. The zero-order valence-corrected chi connectivity index (χ0v) is 13.2. The minimum absolute atomic E-state index is 0.0738. The SMILES string of the molecule is Cc1[nH]c(C(Br)CCOc2ccccc2)cc(=O)c1C. The van der Waals surface area contributed by atoms with Crippen LogP contribution in [0.3, 0.4) is 0 Å². The van der Waals surface area contributed by atoms with Crippen LogP contribution in [-0.4, -0.2) is 11.6 Å². The van der Waals surface area contributed by atoms with Gasteiger partial charge in [0.2, 0.25) is 0 Å². The molecule has 0 aliphatic rings. The summed E-state index contributed by atoms with van der Waals surface area (Å²) < 4.78 is 5.66. The van der Waals surface area contributed by atoms with Gasteiger partial charge in [0.15, 0.2) is 5.43 Å². The Bertz CT molecular complexity index is 622. The number of aromatic nitrogens is 1. The number of para-hydroxylation sites is 1. The van der Waals surface area contributed by atoms with Gasteiger partial charge in [-0.1, -0.05) is 34.1 Å². The van der Waals surface area contributed by atoms with Crippen molar-refractivity contribution in [3.05, 3.63) is 63.6 Å². The minimum atomic E-state index is 0.0738. The first kappa shape index (κ1) is 14.9. The molecule has 0 amide bonds. The fourth-order valence-corrected chi connectivity index (χ4v) is 2.34. The van der Waals surface area contributed by atoms with E-state index in [9.17, 15) is 4.79 Å². The first-order valence-corrected chi connectivity index (χ1v) is 7.52. The average Bonchev–Trinajstić information content (AvgIpc) is 2.45. The van der Waals surface area contributed by atoms with Crippen molar-refractivity contribution in [3.63, 3.8) is 0 Å². The summed E-state index contributed by atoms with van der Waals surface area (Å²) in [6.07, 6.45) is 0.785. The van der Waals surface area contributed by atoms with Crippen LogP contribution in [0.4, 0.5) is 0 Å². The number of aryl methyl sites for hydroxylation is 1. The lowest BCUT2D eigenvalue weighted by atomic mass is 10.1. The summed E-state index contributed by atoms with van der Waals surface area (Å²) in [7, 11) is 0. The largest absolute Gasteiger partial charge is 0.494 e. The standard InChI is InChI=1S/C16H18BrNO2/c1-11-12(2)18-15(10-16(11)19)14(17)8-9-20-13-6-4-3-5-7-13/h3-7,10,14H,8-9H2,1-2H3,(H,18,19). The third kappa shape index (κ3) is 3.73. The molecule has 1 atom stereocenters. The van der Waals surface area contributed by atoms with Crippen LogP contribution in [0.25, 0.3) is 0 Å². The molecule has 4 heteroatoms. The zero-order chi connectivity index (χ0) is 14.5. The van der Waals surface area contributed by atoms with Gasteiger partial charge in [-0.15, -0.1) is 0 Å². The number of aromatic amines is 1. The Balaban J connectivity index is 1.95. The van der Waals surface area contributed by atoms with Gasteiger partial charge < -0.3 is 9.72 Å². The fourth-order valence-electron chi connectivity index (χ4n) is 1.90. The van der Waals surface area contributed by atoms with Crippen LogP contribution in [0, 0.1) is 13.8 Å². The molecule has 0 aliphatic heterocycles. The summed E-state index contributed by atoms with van der Waals surface area (Å²) in [4.78, 5) is 15.1. The lowest BCUT2D eigenvalue weighted by Gasteiger charge is -2.13. The van der Waals surface area contributed by atoms with Crippen molar-refractivity contribution >= 4 is 15.9 Å². The summed E-state index contributed by atoms with van der Waals surface area (Å²) in [5.74, 6) is 0.862. The van der Waals surface area contributed by atoms with Crippen LogP contribution in [-0.2, 0) is 0 Å². The summed E-state index contributed by atoms with van der Waals surface area (Å²) in [5, 5.41) is 0. The van der Waals surface area contributed by atoms with Crippen LogP contribution in [0.1, 0.15) is 28.2 Å². The molecule has 1 unspecified atom stereocenters. The molecular weight excluding hydrogens is 318 g/mol. The average molecular weight is 336 g/mol. The van der Waals surface area contributed by atoms with Crippen LogP contribution < -0.4 is 10.2 Å². The van der Waals surface area contributed by atoms with E-state index in [1.807, 2.05) is 44.2 Å². The van der Waals surface area contributed by atoms with Crippen molar-refractivity contribution in [3.8, 4) is 5.75 Å². The van der Waals surface area contributed by atoms with Gasteiger partial charge in [0.05, 0.1) is 11.4 Å². The fraction of sp³-hybridized carbons (Fsp3) is 0.312. The van der Waals surface area contributed by atoms with E-state index in [4.69, 9.17) is 4.74 Å². The third-order valence-corrected chi connectivity index (χ3v) is 4.22. The Morgan fingerprint density at radius 1 is 1.25 bits per heavy atom. The van der Waals surface area contributed by atoms with Crippen molar-refractivity contribution in [1.82, 2.24) is 4.98 Å². The van der Waals surface area contributed by atoms with Gasteiger partial charge in [-0.2, -0.15) is 0 Å². The Kier molecular flexibility index (Phi) is 5.01. The van der Waals surface area contributed by atoms with E-state index < -0.39 is 0 Å². The molecule has 2 aromatic rings. The van der Waals surface area contributed by atoms with Crippen LogP contribution >= 0.6 is 15.9 Å². The smallest absolute Gasteiger partial charge is 0.185 e. The maximum Gasteiger partial charge on any atom is 0.185 e. The minimum Gasteiger partial charge on any atom is -0.494 e. The van der Waals surface area contributed by atoms with Gasteiger partial charge >= 0.3 is 0 Å². The second kappa shape index (κ2) is 6.75. The predicted molar refractivity (Wildman–Crippen MR) is 84.8 cm³/mol. The number of nitrogens with one attached hydrogen (secondary N) is 1. The van der Waals surface area contributed by atoms with E-state index in [0.29, 0.717) is 6.61 Å². The van der Waals surface area contributed by atoms with Gasteiger partial charge in [-0.25, -0.2) is 0 Å². The summed E-state index contributed by atoms with van der Waals surface area (Å²) in [5.41, 5.74) is 2.66. The monoisotopic (exact) mass is 335 g/mol. The van der Waals surface area contributed by atoms with Crippen LogP contribution in [0.15, 0.2) is 41.2 Å². The summed E-state index contributed by atoms with van der Waals surface area (Å²) in [6, 6.07) is 11.4. The molecule has 1 aromatic carbocycles. The lowest BCUT2D eigenvalue weighted by Crippen LogP contribution is -2.12. The number of hydrogen-bond acceptors (Lipinski definition) is 2. The number of H-pyrrole nitrogens is 1. The first-order chi connectivity index (χ1) is 9.58. The normalized spacial score (nSPS) is 12.2. The molecule has 106 valence electrons. The molecule has 3 nitrogen and oxygen atoms in total. The number of alkyl halides is 1. The van der Waals surface area contributed by atoms with Crippen LogP contribution in [0.5, 0.6) is 5.75 Å². The first-order valence-electron chi connectivity index (χ1n) is 6.60. The Morgan fingerprint density at radius 2 is 1.95 bits per heavy atom. The molecule has 1 aromatic heterocycles. The predicted octanol–water partition coefficient (Wildman–Crippen LogP) is 3.90. The van der Waals surface area contributed by atoms with E-state index in [1.165, 1.54) is 0 Å². The van der Waals surface area contributed by atoms with E-state index in [1.54, 1.807) is 6.07 Å². The highest BCUT2D eigenvalue weighted by Crippen LogP contribution is 2.24. The number of pyridine rings is 1. The Hall–Kier alpha value is -1.55. The molecule has 0 radical (unpaired) electrons. The summed E-state index contributed by atoms with van der Waals surface area (Å²) >= 11 is 3.60. The second-order valence-corrected chi connectivity index (χ2v) is 5.86. The number of benzene rings is 1. The third-order valence-electron chi connectivity index (χ3n) is 3.27. The highest BCUT2D eigenvalue weighted by molar-refractivity contribution is 9.09. The second-order valence-electron chi connectivity index (χ2n) is 4.76. The van der Waals surface area contributed by atoms with Gasteiger partial charge in [0.25, 0.3) is 0 Å². The molecule has 20 heavy (non-hydrogen) atoms. The maximum atomic E-state index is 11.8. The lowest BCUT2D eigenvalue weighted by molar-refractivity contribution is 0.310. The molecule has 2 rings (SSSR count). The van der Waals surface area contributed by atoms with Crippen molar-refractivity contribution in [2.45, 2.75) is 25.1 Å². The topological polar surface area (TPSA) is 42.1 Å². The highest BCUT2D eigenvalue weighted by atomic mass is 79.9. The van der Waals surface area contributed by atoms with E-state index in [2.05, 4.69) is 20.9 Å². The van der Waals surface area contributed by atoms with E-state index in [0.717, 1.165) is 29.1 Å². The van der Waals surface area contributed by atoms with Gasteiger partial charge in [0.1, 0.15) is 5.75 Å². The zero-order valence-electron chi connectivity index (χ0n) is 11.7. The Labute approximate surface area is 127 Å². The molecule has 0 bridgehead atoms. The molecule has 0 spiro atoms. The number of rotatable bonds is 5. The van der Waals surface area contributed by atoms with Crippen LogP contribution in [0.2, 0.25) is 0 Å². The van der Waals surface area contributed by atoms with Crippen molar-refractivity contribution in [2.24, 2.45) is 0 Å².